The molecule has 3 atom stereocenters. The van der Waals surface area contributed by atoms with Gasteiger partial charge in [-0.15, -0.1) is 0 Å². The molecule has 10 nitrogen and oxygen atoms in total. The number of pyridine rings is 1. The molecule has 5 rings (SSSR count). The molecule has 0 spiro atoms. The Morgan fingerprint density at radius 3 is 3.00 bits per heavy atom. The lowest BCUT2D eigenvalue weighted by molar-refractivity contribution is 0.0579. The van der Waals surface area contributed by atoms with Gasteiger partial charge in [-0.3, -0.25) is 9.59 Å². The van der Waals surface area contributed by atoms with Crippen LogP contribution in [0, 0.1) is 0 Å². The monoisotopic (exact) mass is 452 g/mol. The van der Waals surface area contributed by atoms with Gasteiger partial charge in [0.1, 0.15) is 11.4 Å². The van der Waals surface area contributed by atoms with Gasteiger partial charge in [-0.2, -0.15) is 9.61 Å². The lowest BCUT2D eigenvalue weighted by atomic mass is 10.1. The number of hydrogen-bond acceptors (Lipinski definition) is 7. The van der Waals surface area contributed by atoms with E-state index in [0.29, 0.717) is 41.3 Å². The molecular weight excluding hydrogens is 424 g/mol. The zero-order valence-corrected chi connectivity index (χ0v) is 18.8. The number of aromatic nitrogens is 4. The number of anilines is 1. The van der Waals surface area contributed by atoms with Crippen molar-refractivity contribution >= 4 is 17.4 Å². The van der Waals surface area contributed by atoms with Gasteiger partial charge >= 0.3 is 0 Å². The molecule has 10 heteroatoms. The lowest BCUT2D eigenvalue weighted by Gasteiger charge is -2.24. The number of carbonyl (C=O) groups excluding carboxylic acids is 1. The summed E-state index contributed by atoms with van der Waals surface area (Å²) in [7, 11) is 3.42. The number of hydrogen-bond donors (Lipinski definition) is 2. The summed E-state index contributed by atoms with van der Waals surface area (Å²) >= 11 is 0. The van der Waals surface area contributed by atoms with Crippen LogP contribution in [0.25, 0.3) is 5.65 Å². The van der Waals surface area contributed by atoms with Gasteiger partial charge in [-0.05, 0) is 25.3 Å². The van der Waals surface area contributed by atoms with Crippen molar-refractivity contribution in [1.29, 1.82) is 0 Å². The number of fused-ring (bicyclic) bond motifs is 1. The molecule has 1 amide bonds. The summed E-state index contributed by atoms with van der Waals surface area (Å²) in [6.07, 6.45) is 6.42. The van der Waals surface area contributed by atoms with Crippen LogP contribution in [-0.4, -0.2) is 64.6 Å². The average Bonchev–Trinajstić information content (AvgIpc) is 3.45. The van der Waals surface area contributed by atoms with Gasteiger partial charge < -0.3 is 24.7 Å². The van der Waals surface area contributed by atoms with E-state index in [0.717, 1.165) is 25.9 Å². The first-order chi connectivity index (χ1) is 16.1. The summed E-state index contributed by atoms with van der Waals surface area (Å²) < 4.78 is 14.2. The second-order valence-corrected chi connectivity index (χ2v) is 8.56. The van der Waals surface area contributed by atoms with Crippen LogP contribution in [0.4, 0.5) is 5.82 Å². The van der Waals surface area contributed by atoms with E-state index in [1.807, 2.05) is 24.4 Å². The third kappa shape index (κ3) is 4.23. The highest BCUT2D eigenvalue weighted by Gasteiger charge is 2.39. The number of nitrogens with one attached hydrogen (secondary N) is 2. The van der Waals surface area contributed by atoms with E-state index in [4.69, 9.17) is 14.5 Å². The summed E-state index contributed by atoms with van der Waals surface area (Å²) in [6.45, 7) is 1.30. The van der Waals surface area contributed by atoms with E-state index in [1.165, 1.54) is 6.20 Å². The van der Waals surface area contributed by atoms with E-state index in [-0.39, 0.29) is 29.7 Å². The Morgan fingerprint density at radius 1 is 1.39 bits per heavy atom. The smallest absolute Gasteiger partial charge is 0.257 e. The standard InChI is InChI=1S/C23H28N6O4/c1-24-20-10-15(9-14-5-3-7-28(23(14)31)16-6-4-8-33-13-16)26-21-17(12-25-29(20)21)22(30)27-18-11-19(18)32-2/h3,5,7,10,12,16,18-19,24H,4,6,8-9,11,13H2,1-2H3,(H,27,30)/t16-,18?,19-/m0/s1. The highest BCUT2D eigenvalue weighted by Crippen LogP contribution is 2.25. The van der Waals surface area contributed by atoms with Crippen LogP contribution in [0.3, 0.4) is 0 Å². The first kappa shape index (κ1) is 21.6. The van der Waals surface area contributed by atoms with Gasteiger partial charge in [0.05, 0.1) is 36.7 Å². The first-order valence-electron chi connectivity index (χ1n) is 11.3. The molecule has 0 radical (unpaired) electrons. The van der Waals surface area contributed by atoms with Crippen LogP contribution in [0.2, 0.25) is 0 Å². The molecule has 2 N–H and O–H groups in total. The Kier molecular flexibility index (Phi) is 5.86. The summed E-state index contributed by atoms with van der Waals surface area (Å²) in [5, 5.41) is 10.4. The summed E-state index contributed by atoms with van der Waals surface area (Å²) in [6, 6.07) is 5.64. The predicted octanol–water partition coefficient (Wildman–Crippen LogP) is 1.39. The van der Waals surface area contributed by atoms with Gasteiger partial charge in [-0.1, -0.05) is 6.07 Å². The molecule has 3 aromatic heterocycles. The first-order valence-corrected chi connectivity index (χ1v) is 11.3. The van der Waals surface area contributed by atoms with Gasteiger partial charge in [0.15, 0.2) is 5.65 Å². The number of ether oxygens (including phenoxy) is 2. The van der Waals surface area contributed by atoms with Gasteiger partial charge in [-0.25, -0.2) is 4.98 Å². The van der Waals surface area contributed by atoms with Crippen LogP contribution in [0.1, 0.15) is 46.9 Å². The molecule has 1 saturated heterocycles. The molecule has 174 valence electrons. The Balaban J connectivity index is 1.45. The quantitative estimate of drug-likeness (QED) is 0.557. The topological polar surface area (TPSA) is 112 Å². The summed E-state index contributed by atoms with van der Waals surface area (Å²) in [5.74, 6) is 0.452. The highest BCUT2D eigenvalue weighted by atomic mass is 16.5. The molecule has 2 aliphatic rings. The van der Waals surface area contributed by atoms with Crippen molar-refractivity contribution in [2.75, 3.05) is 32.7 Å². The Labute approximate surface area is 190 Å². The number of amides is 1. The fourth-order valence-electron chi connectivity index (χ4n) is 4.39. The molecule has 0 aromatic carbocycles. The van der Waals surface area contributed by atoms with Crippen LogP contribution in [0.15, 0.2) is 35.4 Å². The number of nitrogens with zero attached hydrogens (tertiary/aromatic N) is 4. The lowest BCUT2D eigenvalue weighted by Crippen LogP contribution is -2.31. The highest BCUT2D eigenvalue weighted by molar-refractivity contribution is 6.00. The van der Waals surface area contributed by atoms with Crippen molar-refractivity contribution in [3.05, 3.63) is 57.8 Å². The van der Waals surface area contributed by atoms with Gasteiger partial charge in [0.25, 0.3) is 11.5 Å². The minimum Gasteiger partial charge on any atom is -0.379 e. The molecular formula is C23H28N6O4. The van der Waals surface area contributed by atoms with E-state index in [9.17, 15) is 9.59 Å². The molecule has 1 aliphatic carbocycles. The van der Waals surface area contributed by atoms with Crippen LogP contribution in [-0.2, 0) is 15.9 Å². The minimum absolute atomic E-state index is 0.0101. The van der Waals surface area contributed by atoms with E-state index >= 15 is 0 Å². The van der Waals surface area contributed by atoms with Crippen molar-refractivity contribution < 1.29 is 14.3 Å². The largest absolute Gasteiger partial charge is 0.379 e. The molecule has 2 fully saturated rings. The SMILES string of the molecule is CNc1cc(Cc2cccn([C@H]3CCCOC3)c2=O)nc2c(C(=O)NC3C[C@@H]3OC)cnn12. The predicted molar refractivity (Wildman–Crippen MR) is 122 cm³/mol. The van der Waals surface area contributed by atoms with Crippen LogP contribution < -0.4 is 16.2 Å². The fourth-order valence-corrected chi connectivity index (χ4v) is 4.39. The maximum atomic E-state index is 13.2. The van der Waals surface area contributed by atoms with Crippen LogP contribution >= 0.6 is 0 Å². The Bertz CT molecular complexity index is 1230. The zero-order chi connectivity index (χ0) is 22.9. The van der Waals surface area contributed by atoms with Gasteiger partial charge in [0.2, 0.25) is 0 Å². The third-order valence-electron chi connectivity index (χ3n) is 6.33. The maximum absolute atomic E-state index is 13.2. The molecule has 4 heterocycles. The van der Waals surface area contributed by atoms with Crippen molar-refractivity contribution in [3.8, 4) is 0 Å². The molecule has 0 bridgehead atoms. The van der Waals surface area contributed by atoms with Gasteiger partial charge in [0, 0.05) is 45.0 Å². The third-order valence-corrected chi connectivity index (χ3v) is 6.33. The second-order valence-electron chi connectivity index (χ2n) is 8.56. The van der Waals surface area contributed by atoms with E-state index in [2.05, 4.69) is 15.7 Å². The molecule has 1 saturated carbocycles. The normalized spacial score (nSPS) is 22.3. The summed E-state index contributed by atoms with van der Waals surface area (Å²) in [4.78, 5) is 30.7. The van der Waals surface area contributed by atoms with Crippen molar-refractivity contribution in [3.63, 3.8) is 0 Å². The summed E-state index contributed by atoms with van der Waals surface area (Å²) in [5.41, 5.74) is 2.12. The Hall–Kier alpha value is -3.24. The molecule has 1 unspecified atom stereocenters. The van der Waals surface area contributed by atoms with Crippen molar-refractivity contribution in [2.24, 2.45) is 0 Å². The van der Waals surface area contributed by atoms with E-state index < -0.39 is 0 Å². The maximum Gasteiger partial charge on any atom is 0.257 e. The van der Waals surface area contributed by atoms with Crippen molar-refractivity contribution in [1.82, 2.24) is 24.5 Å². The Morgan fingerprint density at radius 2 is 2.27 bits per heavy atom. The molecule has 3 aromatic rings. The zero-order valence-electron chi connectivity index (χ0n) is 18.8. The fraction of sp³-hybridized carbons (Fsp3) is 0.478. The molecule has 33 heavy (non-hydrogen) atoms. The van der Waals surface area contributed by atoms with Crippen LogP contribution in [0.5, 0.6) is 0 Å². The van der Waals surface area contributed by atoms with E-state index in [1.54, 1.807) is 23.2 Å². The average molecular weight is 453 g/mol. The minimum atomic E-state index is -0.236. The number of rotatable bonds is 7. The number of methoxy groups -OCH3 is 1. The second kappa shape index (κ2) is 8.95. The molecule has 1 aliphatic heterocycles. The number of carbonyl (C=O) groups is 1. The van der Waals surface area contributed by atoms with Crippen molar-refractivity contribution in [2.45, 2.75) is 43.9 Å².